The Hall–Kier alpha value is -0.370. The van der Waals surface area contributed by atoms with E-state index in [1.165, 1.54) is 32.1 Å². The summed E-state index contributed by atoms with van der Waals surface area (Å²) in [7, 11) is 0. The molecular weight excluding hydrogens is 162 g/mol. The maximum absolute atomic E-state index is 11.8. The Kier molecular flexibility index (Phi) is 2.99. The lowest BCUT2D eigenvalue weighted by atomic mass is 9.82. The third-order valence-electron chi connectivity index (χ3n) is 3.42. The minimum absolute atomic E-state index is 0.425. The highest BCUT2D eigenvalue weighted by Crippen LogP contribution is 2.26. The molecule has 1 aliphatic heterocycles. The van der Waals surface area contributed by atoms with Gasteiger partial charge in [0.1, 0.15) is 5.78 Å². The molecule has 1 aliphatic carbocycles. The van der Waals surface area contributed by atoms with Crippen molar-refractivity contribution in [3.8, 4) is 0 Å². The Morgan fingerprint density at radius 3 is 2.38 bits per heavy atom. The van der Waals surface area contributed by atoms with Gasteiger partial charge in [-0.1, -0.05) is 19.3 Å². The smallest absolute Gasteiger partial charge is 0.136 e. The first-order valence-electron chi connectivity index (χ1n) is 5.59. The van der Waals surface area contributed by atoms with Gasteiger partial charge in [0.2, 0.25) is 0 Å². The molecular formula is C11H19NO. The van der Waals surface area contributed by atoms with Gasteiger partial charge in [-0.3, -0.25) is 4.79 Å². The van der Waals surface area contributed by atoms with Crippen molar-refractivity contribution in [2.24, 2.45) is 11.8 Å². The Morgan fingerprint density at radius 2 is 1.85 bits per heavy atom. The summed E-state index contributed by atoms with van der Waals surface area (Å²) in [5.41, 5.74) is 0. The van der Waals surface area contributed by atoms with E-state index >= 15 is 0 Å². The lowest BCUT2D eigenvalue weighted by molar-refractivity contribution is -0.125. The summed E-state index contributed by atoms with van der Waals surface area (Å²) in [6, 6.07) is 0. The predicted octanol–water partition coefficient (Wildman–Crippen LogP) is 1.75. The molecule has 2 fully saturated rings. The first-order valence-corrected chi connectivity index (χ1v) is 5.59. The van der Waals surface area contributed by atoms with Crippen molar-refractivity contribution in [1.82, 2.24) is 5.32 Å². The number of carbonyl (C=O) groups is 1. The fraction of sp³-hybridized carbons (Fsp3) is 0.909. The molecule has 1 saturated carbocycles. The van der Waals surface area contributed by atoms with Crippen LogP contribution in [0.15, 0.2) is 0 Å². The topological polar surface area (TPSA) is 29.1 Å². The number of Topliss-reactive ketones (excluding diaryl/α,β-unsaturated/α-hetero) is 1. The number of carbonyl (C=O) groups excluding carboxylic acids is 1. The van der Waals surface area contributed by atoms with Crippen LogP contribution in [0.2, 0.25) is 0 Å². The largest absolute Gasteiger partial charge is 0.316 e. The zero-order chi connectivity index (χ0) is 9.10. The van der Waals surface area contributed by atoms with E-state index < -0.39 is 0 Å². The monoisotopic (exact) mass is 181 g/mol. The second-order valence-corrected chi connectivity index (χ2v) is 4.53. The van der Waals surface area contributed by atoms with Crippen molar-refractivity contribution in [2.75, 3.05) is 13.1 Å². The molecule has 1 heterocycles. The van der Waals surface area contributed by atoms with Crippen LogP contribution < -0.4 is 5.32 Å². The lowest BCUT2D eigenvalue weighted by Gasteiger charge is -2.29. The van der Waals surface area contributed by atoms with Crippen LogP contribution in [-0.4, -0.2) is 18.9 Å². The van der Waals surface area contributed by atoms with Crippen LogP contribution in [0.3, 0.4) is 0 Å². The highest BCUT2D eigenvalue weighted by atomic mass is 16.1. The van der Waals surface area contributed by atoms with Crippen molar-refractivity contribution in [1.29, 1.82) is 0 Å². The Bertz CT molecular complexity index is 181. The molecule has 0 aromatic heterocycles. The van der Waals surface area contributed by atoms with Gasteiger partial charge in [-0.2, -0.15) is 0 Å². The van der Waals surface area contributed by atoms with Gasteiger partial charge in [-0.15, -0.1) is 0 Å². The van der Waals surface area contributed by atoms with Crippen LogP contribution in [0.1, 0.15) is 38.5 Å². The molecule has 1 saturated heterocycles. The molecule has 0 atom stereocenters. The molecule has 0 unspecified atom stereocenters. The standard InChI is InChI=1S/C11H19NO/c13-11(6-9-7-12-8-9)10-4-2-1-3-5-10/h9-10,12H,1-8H2. The minimum atomic E-state index is 0.425. The Balaban J connectivity index is 1.74. The molecule has 2 heteroatoms. The third-order valence-corrected chi connectivity index (χ3v) is 3.42. The van der Waals surface area contributed by atoms with Crippen LogP contribution in [-0.2, 0) is 4.79 Å². The average Bonchev–Trinajstić information content (AvgIpc) is 2.12. The summed E-state index contributed by atoms with van der Waals surface area (Å²) in [6.45, 7) is 2.14. The number of rotatable bonds is 3. The number of hydrogen-bond acceptors (Lipinski definition) is 2. The van der Waals surface area contributed by atoms with E-state index in [0.717, 1.165) is 19.5 Å². The van der Waals surface area contributed by atoms with Crippen molar-refractivity contribution in [3.63, 3.8) is 0 Å². The van der Waals surface area contributed by atoms with Gasteiger partial charge in [0.25, 0.3) is 0 Å². The zero-order valence-corrected chi connectivity index (χ0v) is 8.22. The molecule has 2 rings (SSSR count). The normalized spacial score (nSPS) is 25.5. The van der Waals surface area contributed by atoms with E-state index in [1.807, 2.05) is 0 Å². The minimum Gasteiger partial charge on any atom is -0.316 e. The SMILES string of the molecule is O=C(CC1CNC1)C1CCCCC1. The van der Waals surface area contributed by atoms with Crippen LogP contribution in [0, 0.1) is 11.8 Å². The van der Waals surface area contributed by atoms with E-state index in [0.29, 0.717) is 17.6 Å². The van der Waals surface area contributed by atoms with Crippen LogP contribution in [0.25, 0.3) is 0 Å². The Morgan fingerprint density at radius 1 is 1.15 bits per heavy atom. The molecule has 0 aromatic carbocycles. The van der Waals surface area contributed by atoms with E-state index in [1.54, 1.807) is 0 Å². The number of nitrogens with one attached hydrogen (secondary N) is 1. The summed E-state index contributed by atoms with van der Waals surface area (Å²) in [6.07, 6.45) is 7.07. The maximum atomic E-state index is 11.8. The van der Waals surface area contributed by atoms with Gasteiger partial charge < -0.3 is 5.32 Å². The zero-order valence-electron chi connectivity index (χ0n) is 8.22. The molecule has 74 valence electrons. The van der Waals surface area contributed by atoms with E-state index in [4.69, 9.17) is 0 Å². The molecule has 0 spiro atoms. The average molecular weight is 181 g/mol. The molecule has 0 amide bonds. The first kappa shape index (κ1) is 9.20. The molecule has 2 aliphatic rings. The second-order valence-electron chi connectivity index (χ2n) is 4.53. The second kappa shape index (κ2) is 4.23. The fourth-order valence-corrected chi connectivity index (χ4v) is 2.37. The highest BCUT2D eigenvalue weighted by Gasteiger charge is 2.26. The van der Waals surface area contributed by atoms with Gasteiger partial charge in [-0.25, -0.2) is 0 Å². The van der Waals surface area contributed by atoms with Gasteiger partial charge >= 0.3 is 0 Å². The number of hydrogen-bond donors (Lipinski definition) is 1. The summed E-state index contributed by atoms with van der Waals surface area (Å²) in [5, 5.41) is 3.22. The van der Waals surface area contributed by atoms with Gasteiger partial charge in [-0.05, 0) is 31.8 Å². The van der Waals surface area contributed by atoms with Crippen molar-refractivity contribution >= 4 is 5.78 Å². The molecule has 13 heavy (non-hydrogen) atoms. The quantitative estimate of drug-likeness (QED) is 0.718. The maximum Gasteiger partial charge on any atom is 0.136 e. The first-order chi connectivity index (χ1) is 6.36. The summed E-state index contributed by atoms with van der Waals surface area (Å²) in [5.74, 6) is 1.63. The molecule has 0 bridgehead atoms. The van der Waals surface area contributed by atoms with Crippen molar-refractivity contribution in [3.05, 3.63) is 0 Å². The summed E-state index contributed by atoms with van der Waals surface area (Å²) in [4.78, 5) is 11.8. The molecule has 1 N–H and O–H groups in total. The molecule has 2 nitrogen and oxygen atoms in total. The highest BCUT2D eigenvalue weighted by molar-refractivity contribution is 5.81. The van der Waals surface area contributed by atoms with Gasteiger partial charge in [0, 0.05) is 12.3 Å². The van der Waals surface area contributed by atoms with E-state index in [-0.39, 0.29) is 0 Å². The van der Waals surface area contributed by atoms with E-state index in [2.05, 4.69) is 5.32 Å². The lowest BCUT2D eigenvalue weighted by Crippen LogP contribution is -2.43. The Labute approximate surface area is 80.1 Å². The van der Waals surface area contributed by atoms with Gasteiger partial charge in [0.15, 0.2) is 0 Å². The van der Waals surface area contributed by atoms with Gasteiger partial charge in [0.05, 0.1) is 0 Å². The van der Waals surface area contributed by atoms with Crippen LogP contribution in [0.5, 0.6) is 0 Å². The fourth-order valence-electron chi connectivity index (χ4n) is 2.37. The van der Waals surface area contributed by atoms with E-state index in [9.17, 15) is 4.79 Å². The molecule has 0 aromatic rings. The molecule has 0 radical (unpaired) electrons. The number of ketones is 1. The van der Waals surface area contributed by atoms with Crippen LogP contribution >= 0.6 is 0 Å². The van der Waals surface area contributed by atoms with Crippen molar-refractivity contribution < 1.29 is 4.79 Å². The predicted molar refractivity (Wildman–Crippen MR) is 52.6 cm³/mol. The van der Waals surface area contributed by atoms with Crippen LogP contribution in [0.4, 0.5) is 0 Å². The third kappa shape index (κ3) is 2.31. The summed E-state index contributed by atoms with van der Waals surface area (Å²) < 4.78 is 0. The summed E-state index contributed by atoms with van der Waals surface area (Å²) >= 11 is 0. The van der Waals surface area contributed by atoms with Crippen molar-refractivity contribution in [2.45, 2.75) is 38.5 Å².